The Balaban J connectivity index is 2.70. The molecule has 0 radical (unpaired) electrons. The molecule has 0 saturated carbocycles. The summed E-state index contributed by atoms with van der Waals surface area (Å²) in [6.45, 7) is 13.7. The molecule has 0 fully saturated rings. The SMILES string of the molecule is C=CCN(C/C(C)=C/c1ccccc1)C(=C)C. The van der Waals surface area contributed by atoms with Gasteiger partial charge in [-0.3, -0.25) is 0 Å². The van der Waals surface area contributed by atoms with Crippen molar-refractivity contribution in [1.29, 1.82) is 0 Å². The lowest BCUT2D eigenvalue weighted by molar-refractivity contribution is 0.416. The lowest BCUT2D eigenvalue weighted by Crippen LogP contribution is -2.23. The third-order valence-corrected chi connectivity index (χ3v) is 2.54. The Morgan fingerprint density at radius 1 is 1.24 bits per heavy atom. The highest BCUT2D eigenvalue weighted by Crippen LogP contribution is 2.10. The molecular formula is C16H21N. The van der Waals surface area contributed by atoms with Crippen LogP contribution < -0.4 is 0 Å². The summed E-state index contributed by atoms with van der Waals surface area (Å²) < 4.78 is 0. The van der Waals surface area contributed by atoms with Gasteiger partial charge in [0.05, 0.1) is 0 Å². The number of allylic oxidation sites excluding steroid dienone is 1. The third-order valence-electron chi connectivity index (χ3n) is 2.54. The molecule has 1 heteroatoms. The first kappa shape index (κ1) is 13.3. The van der Waals surface area contributed by atoms with Gasteiger partial charge in [-0.25, -0.2) is 0 Å². The Bertz CT molecular complexity index is 401. The van der Waals surface area contributed by atoms with Crippen LogP contribution in [0.3, 0.4) is 0 Å². The molecular weight excluding hydrogens is 206 g/mol. The fourth-order valence-corrected chi connectivity index (χ4v) is 1.69. The molecule has 17 heavy (non-hydrogen) atoms. The number of rotatable bonds is 6. The number of hydrogen-bond donors (Lipinski definition) is 0. The minimum atomic E-state index is 0.843. The van der Waals surface area contributed by atoms with Crippen LogP contribution in [0, 0.1) is 0 Å². The van der Waals surface area contributed by atoms with E-state index in [4.69, 9.17) is 0 Å². The van der Waals surface area contributed by atoms with Gasteiger partial charge in [0.2, 0.25) is 0 Å². The van der Waals surface area contributed by atoms with E-state index in [2.05, 4.69) is 55.3 Å². The van der Waals surface area contributed by atoms with Gasteiger partial charge < -0.3 is 4.90 Å². The zero-order valence-electron chi connectivity index (χ0n) is 10.8. The predicted molar refractivity (Wildman–Crippen MR) is 76.7 cm³/mol. The number of nitrogens with zero attached hydrogens (tertiary/aromatic N) is 1. The molecule has 0 aromatic heterocycles. The van der Waals surface area contributed by atoms with Crippen LogP contribution in [0.4, 0.5) is 0 Å². The van der Waals surface area contributed by atoms with E-state index >= 15 is 0 Å². The van der Waals surface area contributed by atoms with Crippen LogP contribution in [0.5, 0.6) is 0 Å². The topological polar surface area (TPSA) is 3.24 Å². The van der Waals surface area contributed by atoms with E-state index in [-0.39, 0.29) is 0 Å². The second kappa shape index (κ2) is 6.74. The molecule has 1 aromatic rings. The van der Waals surface area contributed by atoms with Crippen molar-refractivity contribution in [3.8, 4) is 0 Å². The summed E-state index contributed by atoms with van der Waals surface area (Å²) in [6, 6.07) is 10.4. The Labute approximate surface area is 105 Å². The largest absolute Gasteiger partial charge is 0.368 e. The summed E-state index contributed by atoms with van der Waals surface area (Å²) in [5.74, 6) is 0. The van der Waals surface area contributed by atoms with Gasteiger partial charge in [-0.1, -0.05) is 54.6 Å². The van der Waals surface area contributed by atoms with E-state index < -0.39 is 0 Å². The predicted octanol–water partition coefficient (Wildman–Crippen LogP) is 4.11. The van der Waals surface area contributed by atoms with Crippen molar-refractivity contribution in [1.82, 2.24) is 4.90 Å². The second-order valence-corrected chi connectivity index (χ2v) is 4.31. The molecule has 0 aliphatic rings. The second-order valence-electron chi connectivity index (χ2n) is 4.31. The smallest absolute Gasteiger partial charge is 0.0389 e. The summed E-state index contributed by atoms with van der Waals surface area (Å²) in [5.41, 5.74) is 3.64. The zero-order chi connectivity index (χ0) is 12.7. The van der Waals surface area contributed by atoms with Gasteiger partial charge >= 0.3 is 0 Å². The van der Waals surface area contributed by atoms with E-state index in [9.17, 15) is 0 Å². The molecule has 0 aliphatic heterocycles. The molecule has 1 aromatic carbocycles. The van der Waals surface area contributed by atoms with E-state index in [1.165, 1.54) is 11.1 Å². The molecule has 0 amide bonds. The standard InChI is InChI=1S/C16H21N/c1-5-11-17(14(2)3)13-15(4)12-16-9-7-6-8-10-16/h5-10,12H,1-2,11,13H2,3-4H3/b15-12+. The summed E-state index contributed by atoms with van der Waals surface area (Å²) >= 11 is 0. The third kappa shape index (κ3) is 4.73. The van der Waals surface area contributed by atoms with Crippen molar-refractivity contribution < 1.29 is 0 Å². The molecule has 0 N–H and O–H groups in total. The van der Waals surface area contributed by atoms with Crippen LogP contribution in [0.1, 0.15) is 19.4 Å². The fourth-order valence-electron chi connectivity index (χ4n) is 1.69. The van der Waals surface area contributed by atoms with Crippen LogP contribution >= 0.6 is 0 Å². The first-order valence-electron chi connectivity index (χ1n) is 5.87. The Hall–Kier alpha value is -1.76. The Morgan fingerprint density at radius 2 is 1.88 bits per heavy atom. The van der Waals surface area contributed by atoms with Crippen LogP contribution in [-0.4, -0.2) is 18.0 Å². The maximum atomic E-state index is 3.99. The molecule has 0 saturated heterocycles. The van der Waals surface area contributed by atoms with Gasteiger partial charge in [-0.2, -0.15) is 0 Å². The van der Waals surface area contributed by atoms with Crippen LogP contribution in [0.25, 0.3) is 6.08 Å². The van der Waals surface area contributed by atoms with Crippen molar-refractivity contribution in [2.45, 2.75) is 13.8 Å². The van der Waals surface area contributed by atoms with Gasteiger partial charge in [0.15, 0.2) is 0 Å². The molecule has 0 unspecified atom stereocenters. The van der Waals surface area contributed by atoms with Crippen molar-refractivity contribution in [3.05, 3.63) is 66.4 Å². The van der Waals surface area contributed by atoms with E-state index in [0.717, 1.165) is 18.8 Å². The van der Waals surface area contributed by atoms with Gasteiger partial charge in [0, 0.05) is 18.8 Å². The van der Waals surface area contributed by atoms with Gasteiger partial charge in [0.25, 0.3) is 0 Å². The molecule has 0 spiro atoms. The summed E-state index contributed by atoms with van der Waals surface area (Å²) in [4.78, 5) is 2.21. The fraction of sp³-hybridized carbons (Fsp3) is 0.250. The first-order valence-corrected chi connectivity index (χ1v) is 5.87. The average Bonchev–Trinajstić information content (AvgIpc) is 2.29. The van der Waals surface area contributed by atoms with Crippen molar-refractivity contribution in [2.75, 3.05) is 13.1 Å². The summed E-state index contributed by atoms with van der Waals surface area (Å²) in [5, 5.41) is 0. The van der Waals surface area contributed by atoms with E-state index in [1.807, 2.05) is 19.1 Å². The number of hydrogen-bond acceptors (Lipinski definition) is 1. The highest BCUT2D eigenvalue weighted by Gasteiger charge is 2.02. The quantitative estimate of drug-likeness (QED) is 0.661. The molecule has 0 atom stereocenters. The Kier molecular flexibility index (Phi) is 5.28. The average molecular weight is 227 g/mol. The highest BCUT2D eigenvalue weighted by atomic mass is 15.1. The lowest BCUT2D eigenvalue weighted by Gasteiger charge is -2.23. The van der Waals surface area contributed by atoms with Crippen molar-refractivity contribution >= 4 is 6.08 Å². The van der Waals surface area contributed by atoms with Crippen molar-refractivity contribution in [2.24, 2.45) is 0 Å². The number of benzene rings is 1. The van der Waals surface area contributed by atoms with Gasteiger partial charge in [-0.05, 0) is 19.4 Å². The van der Waals surface area contributed by atoms with Crippen molar-refractivity contribution in [3.63, 3.8) is 0 Å². The van der Waals surface area contributed by atoms with Gasteiger partial charge in [0.1, 0.15) is 0 Å². The van der Waals surface area contributed by atoms with Crippen LogP contribution in [0.2, 0.25) is 0 Å². The molecule has 0 heterocycles. The van der Waals surface area contributed by atoms with E-state index in [1.54, 1.807) is 0 Å². The molecule has 0 bridgehead atoms. The molecule has 1 rings (SSSR count). The first-order chi connectivity index (χ1) is 8.13. The Morgan fingerprint density at radius 3 is 2.41 bits per heavy atom. The minimum Gasteiger partial charge on any atom is -0.368 e. The molecule has 0 aliphatic carbocycles. The van der Waals surface area contributed by atoms with E-state index in [0.29, 0.717) is 0 Å². The lowest BCUT2D eigenvalue weighted by atomic mass is 10.1. The maximum absolute atomic E-state index is 3.99. The summed E-state index contributed by atoms with van der Waals surface area (Å²) in [7, 11) is 0. The molecule has 90 valence electrons. The van der Waals surface area contributed by atoms with Crippen LogP contribution in [-0.2, 0) is 0 Å². The maximum Gasteiger partial charge on any atom is 0.0389 e. The summed E-state index contributed by atoms with van der Waals surface area (Å²) in [6.07, 6.45) is 4.11. The zero-order valence-corrected chi connectivity index (χ0v) is 10.8. The monoisotopic (exact) mass is 227 g/mol. The van der Waals surface area contributed by atoms with Gasteiger partial charge in [-0.15, -0.1) is 6.58 Å². The van der Waals surface area contributed by atoms with Crippen LogP contribution in [0.15, 0.2) is 60.8 Å². The normalized spacial score (nSPS) is 11.1. The molecule has 1 nitrogen and oxygen atoms in total. The minimum absolute atomic E-state index is 0.843. The highest BCUT2D eigenvalue weighted by molar-refractivity contribution is 5.52.